The zero-order valence-electron chi connectivity index (χ0n) is 23.4. The van der Waals surface area contributed by atoms with E-state index in [0.29, 0.717) is 18.2 Å². The van der Waals surface area contributed by atoms with Crippen molar-refractivity contribution in [2.24, 2.45) is 0 Å². The van der Waals surface area contributed by atoms with Gasteiger partial charge < -0.3 is 14.4 Å². The number of carbonyl (C=O) groups is 2. The van der Waals surface area contributed by atoms with Gasteiger partial charge in [-0.2, -0.15) is 0 Å². The van der Waals surface area contributed by atoms with E-state index in [9.17, 15) is 14.0 Å². The number of ether oxygens (including phenoxy) is 2. The SMILES string of the molecule is COc1ccc(-c2cn(-c3ccc(C)c(C)c3)c(NC(=O)CN(CC3CCCO3)C(=O)c3ccccc3F)n2)cc1. The first-order valence-electron chi connectivity index (χ1n) is 13.6. The van der Waals surface area contributed by atoms with Crippen molar-refractivity contribution in [1.29, 1.82) is 0 Å². The highest BCUT2D eigenvalue weighted by Crippen LogP contribution is 2.27. The molecule has 4 aromatic rings. The number of anilines is 1. The van der Waals surface area contributed by atoms with Crippen molar-refractivity contribution in [1.82, 2.24) is 14.5 Å². The maximum atomic E-state index is 14.5. The lowest BCUT2D eigenvalue weighted by atomic mass is 10.1. The number of hydrogen-bond donors (Lipinski definition) is 1. The van der Waals surface area contributed by atoms with Crippen LogP contribution in [0.25, 0.3) is 16.9 Å². The Labute approximate surface area is 238 Å². The molecular weight excluding hydrogens is 523 g/mol. The summed E-state index contributed by atoms with van der Waals surface area (Å²) < 4.78 is 27.3. The monoisotopic (exact) mass is 556 g/mol. The van der Waals surface area contributed by atoms with Crippen molar-refractivity contribution in [2.45, 2.75) is 32.8 Å². The van der Waals surface area contributed by atoms with E-state index in [0.717, 1.165) is 41.0 Å². The lowest BCUT2D eigenvalue weighted by molar-refractivity contribution is -0.117. The van der Waals surface area contributed by atoms with Gasteiger partial charge in [0.15, 0.2) is 0 Å². The number of amides is 2. The van der Waals surface area contributed by atoms with Crippen molar-refractivity contribution in [2.75, 3.05) is 32.1 Å². The van der Waals surface area contributed by atoms with Gasteiger partial charge >= 0.3 is 0 Å². The number of rotatable bonds is 9. The Kier molecular flexibility index (Phi) is 8.45. The summed E-state index contributed by atoms with van der Waals surface area (Å²) in [7, 11) is 1.61. The molecule has 1 aliphatic rings. The molecule has 0 radical (unpaired) electrons. The minimum absolute atomic E-state index is 0.0864. The fraction of sp³-hybridized carbons (Fsp3) is 0.281. The standard InChI is InChI=1S/C32H33FN4O4/c1-21-10-13-24(17-22(21)2)37-19-29(23-11-14-25(40-3)15-12-23)34-32(37)35-30(38)20-36(18-26-7-6-16-41-26)31(39)27-8-4-5-9-28(27)33/h4-5,8-15,17,19,26H,6-7,16,18,20H2,1-3H3,(H,34,35,38). The number of carbonyl (C=O) groups excluding carboxylic acids is 2. The van der Waals surface area contributed by atoms with Crippen molar-refractivity contribution in [3.8, 4) is 22.7 Å². The third kappa shape index (κ3) is 6.47. The molecule has 2 heterocycles. The summed E-state index contributed by atoms with van der Waals surface area (Å²) in [5.41, 5.74) is 4.48. The second-order valence-corrected chi connectivity index (χ2v) is 10.2. The van der Waals surface area contributed by atoms with Gasteiger partial charge in [0.05, 0.1) is 24.5 Å². The number of benzene rings is 3. The number of halogens is 1. The van der Waals surface area contributed by atoms with Gasteiger partial charge in [0.2, 0.25) is 11.9 Å². The van der Waals surface area contributed by atoms with Crippen LogP contribution in [0.3, 0.4) is 0 Å². The predicted octanol–water partition coefficient (Wildman–Crippen LogP) is 5.56. The Balaban J connectivity index is 1.44. The second-order valence-electron chi connectivity index (χ2n) is 10.2. The maximum absolute atomic E-state index is 14.5. The molecule has 3 aromatic carbocycles. The molecule has 2 amide bonds. The Morgan fingerprint density at radius 2 is 1.88 bits per heavy atom. The lowest BCUT2D eigenvalue weighted by Gasteiger charge is -2.25. The molecule has 0 saturated carbocycles. The molecule has 41 heavy (non-hydrogen) atoms. The predicted molar refractivity (Wildman–Crippen MR) is 155 cm³/mol. The molecule has 1 aliphatic heterocycles. The Hall–Kier alpha value is -4.50. The maximum Gasteiger partial charge on any atom is 0.257 e. The lowest BCUT2D eigenvalue weighted by Crippen LogP contribution is -2.42. The van der Waals surface area contributed by atoms with Crippen LogP contribution in [-0.4, -0.2) is 59.2 Å². The first kappa shape index (κ1) is 28.0. The zero-order valence-corrected chi connectivity index (χ0v) is 23.4. The summed E-state index contributed by atoms with van der Waals surface area (Å²) in [6.07, 6.45) is 3.29. The summed E-state index contributed by atoms with van der Waals surface area (Å²) in [6.45, 7) is 4.55. The molecule has 1 aromatic heterocycles. The molecule has 9 heteroatoms. The van der Waals surface area contributed by atoms with Crippen LogP contribution in [0.1, 0.15) is 34.3 Å². The minimum Gasteiger partial charge on any atom is -0.497 e. The third-order valence-corrected chi connectivity index (χ3v) is 7.29. The first-order valence-corrected chi connectivity index (χ1v) is 13.6. The molecule has 1 saturated heterocycles. The molecule has 212 valence electrons. The van der Waals surface area contributed by atoms with E-state index in [4.69, 9.17) is 14.5 Å². The number of imidazole rings is 1. The average molecular weight is 557 g/mol. The molecule has 1 fully saturated rings. The van der Waals surface area contributed by atoms with E-state index in [1.54, 1.807) is 13.2 Å². The molecule has 0 spiro atoms. The fourth-order valence-electron chi connectivity index (χ4n) is 4.84. The smallest absolute Gasteiger partial charge is 0.257 e. The fourth-order valence-corrected chi connectivity index (χ4v) is 4.84. The second kappa shape index (κ2) is 12.3. The number of nitrogens with one attached hydrogen (secondary N) is 1. The van der Waals surface area contributed by atoms with Gasteiger partial charge in [0.25, 0.3) is 5.91 Å². The van der Waals surface area contributed by atoms with Crippen LogP contribution in [0.15, 0.2) is 72.9 Å². The van der Waals surface area contributed by atoms with E-state index < -0.39 is 17.6 Å². The van der Waals surface area contributed by atoms with E-state index in [1.165, 1.54) is 23.1 Å². The van der Waals surface area contributed by atoms with Crippen LogP contribution in [0.4, 0.5) is 10.3 Å². The van der Waals surface area contributed by atoms with Crippen LogP contribution in [0, 0.1) is 19.7 Å². The molecule has 8 nitrogen and oxygen atoms in total. The average Bonchev–Trinajstić information content (AvgIpc) is 3.64. The number of aryl methyl sites for hydroxylation is 2. The van der Waals surface area contributed by atoms with Crippen LogP contribution in [0.5, 0.6) is 5.75 Å². The number of methoxy groups -OCH3 is 1. The number of nitrogens with zero attached hydrogens (tertiary/aromatic N) is 3. The van der Waals surface area contributed by atoms with Gasteiger partial charge in [-0.3, -0.25) is 19.5 Å². The van der Waals surface area contributed by atoms with E-state index >= 15 is 0 Å². The first-order chi connectivity index (χ1) is 19.8. The Bertz CT molecular complexity index is 1540. The highest BCUT2D eigenvalue weighted by atomic mass is 19.1. The molecule has 0 aliphatic carbocycles. The topological polar surface area (TPSA) is 85.7 Å². The normalized spacial score (nSPS) is 14.6. The molecule has 1 N–H and O–H groups in total. The van der Waals surface area contributed by atoms with Gasteiger partial charge in [-0.1, -0.05) is 18.2 Å². The third-order valence-electron chi connectivity index (χ3n) is 7.29. The van der Waals surface area contributed by atoms with Crippen LogP contribution < -0.4 is 10.1 Å². The van der Waals surface area contributed by atoms with Gasteiger partial charge in [-0.15, -0.1) is 0 Å². The minimum atomic E-state index is -0.635. The molecule has 5 rings (SSSR count). The number of hydrogen-bond acceptors (Lipinski definition) is 5. The summed E-state index contributed by atoms with van der Waals surface area (Å²) in [4.78, 5) is 32.9. The van der Waals surface area contributed by atoms with Crippen LogP contribution in [-0.2, 0) is 9.53 Å². The van der Waals surface area contributed by atoms with Crippen LogP contribution in [0.2, 0.25) is 0 Å². The van der Waals surface area contributed by atoms with Crippen molar-refractivity contribution < 1.29 is 23.5 Å². The highest BCUT2D eigenvalue weighted by Gasteiger charge is 2.27. The largest absolute Gasteiger partial charge is 0.497 e. The Morgan fingerprint density at radius 1 is 1.10 bits per heavy atom. The van der Waals surface area contributed by atoms with Crippen LogP contribution >= 0.6 is 0 Å². The van der Waals surface area contributed by atoms with E-state index in [1.807, 2.05) is 67.1 Å². The van der Waals surface area contributed by atoms with E-state index in [-0.39, 0.29) is 24.8 Å². The number of aromatic nitrogens is 2. The Morgan fingerprint density at radius 3 is 2.56 bits per heavy atom. The van der Waals surface area contributed by atoms with Crippen molar-refractivity contribution in [3.05, 3.63) is 95.4 Å². The van der Waals surface area contributed by atoms with Crippen molar-refractivity contribution in [3.63, 3.8) is 0 Å². The van der Waals surface area contributed by atoms with Crippen molar-refractivity contribution >= 4 is 17.8 Å². The quantitative estimate of drug-likeness (QED) is 0.292. The summed E-state index contributed by atoms with van der Waals surface area (Å²) >= 11 is 0. The molecule has 0 bridgehead atoms. The van der Waals surface area contributed by atoms with Gasteiger partial charge in [-0.25, -0.2) is 9.37 Å². The zero-order chi connectivity index (χ0) is 28.9. The summed E-state index contributed by atoms with van der Waals surface area (Å²) in [5, 5.41) is 2.89. The summed E-state index contributed by atoms with van der Waals surface area (Å²) in [6, 6.07) is 19.3. The highest BCUT2D eigenvalue weighted by molar-refractivity contribution is 5.99. The van der Waals surface area contributed by atoms with E-state index in [2.05, 4.69) is 5.32 Å². The van der Waals surface area contributed by atoms with Gasteiger partial charge in [0.1, 0.15) is 18.1 Å². The molecule has 1 atom stereocenters. The van der Waals surface area contributed by atoms with Gasteiger partial charge in [-0.05, 0) is 86.3 Å². The summed E-state index contributed by atoms with van der Waals surface area (Å²) in [5.74, 6) is -0.624. The van der Waals surface area contributed by atoms with Gasteiger partial charge in [0, 0.05) is 30.6 Å². The molecular formula is C32H33FN4O4. The molecule has 1 unspecified atom stereocenters.